The minimum Gasteiger partial charge on any atom is -0.324 e. The lowest BCUT2D eigenvalue weighted by Gasteiger charge is -2.28. The van der Waals surface area contributed by atoms with Gasteiger partial charge in [0.05, 0.1) is 16.9 Å². The van der Waals surface area contributed by atoms with Gasteiger partial charge in [-0.3, -0.25) is 19.2 Å². The van der Waals surface area contributed by atoms with Crippen molar-refractivity contribution in [2.24, 2.45) is 0 Å². The molecule has 0 fully saturated rings. The van der Waals surface area contributed by atoms with Gasteiger partial charge in [0.1, 0.15) is 6.04 Å². The van der Waals surface area contributed by atoms with Gasteiger partial charge < -0.3 is 5.32 Å². The second-order valence-corrected chi connectivity index (χ2v) is 8.18. The highest BCUT2D eigenvalue weighted by molar-refractivity contribution is 7.92. The van der Waals surface area contributed by atoms with Crippen LogP contribution in [-0.2, 0) is 14.8 Å². The fourth-order valence-corrected chi connectivity index (χ4v) is 3.91. The predicted octanol–water partition coefficient (Wildman–Crippen LogP) is 3.00. The zero-order chi connectivity index (χ0) is 20.4. The molecule has 0 aliphatic carbocycles. The number of rotatable bonds is 6. The average molecular weight is 391 g/mol. The molecule has 0 bridgehead atoms. The summed E-state index contributed by atoms with van der Waals surface area (Å²) < 4.78 is 25.5. The molecule has 8 nitrogen and oxygen atoms in total. The van der Waals surface area contributed by atoms with Crippen LogP contribution < -0.4 is 9.62 Å². The number of non-ortho nitro benzene ring substituents is 1. The number of nitro groups is 1. The molecule has 1 amide bonds. The van der Waals surface area contributed by atoms with Crippen LogP contribution >= 0.6 is 0 Å². The summed E-state index contributed by atoms with van der Waals surface area (Å²) in [7, 11) is -3.86. The first-order valence-electron chi connectivity index (χ1n) is 8.12. The average Bonchev–Trinajstić information content (AvgIpc) is 2.56. The maximum Gasteiger partial charge on any atom is 0.271 e. The van der Waals surface area contributed by atoms with E-state index in [4.69, 9.17) is 0 Å². The molecular weight excluding hydrogens is 370 g/mol. The maximum absolute atomic E-state index is 12.7. The maximum atomic E-state index is 12.7. The van der Waals surface area contributed by atoms with Crippen molar-refractivity contribution in [3.63, 3.8) is 0 Å². The summed E-state index contributed by atoms with van der Waals surface area (Å²) in [5, 5.41) is 13.7. The molecule has 0 unspecified atom stereocenters. The third-order valence-electron chi connectivity index (χ3n) is 4.02. The van der Waals surface area contributed by atoms with Gasteiger partial charge in [-0.15, -0.1) is 0 Å². The van der Waals surface area contributed by atoms with Gasteiger partial charge >= 0.3 is 0 Å². The normalized spacial score (nSPS) is 12.3. The second kappa shape index (κ2) is 7.75. The van der Waals surface area contributed by atoms with Crippen molar-refractivity contribution in [2.45, 2.75) is 26.8 Å². The molecule has 0 spiro atoms. The molecule has 0 aliphatic rings. The SMILES string of the molecule is Cc1ccc(NC(=O)[C@H](C)N(c2cccc([N+](=O)[O-])c2)S(C)(=O)=O)c(C)c1. The lowest BCUT2D eigenvalue weighted by atomic mass is 10.1. The molecule has 144 valence electrons. The van der Waals surface area contributed by atoms with Crippen LogP contribution in [0.2, 0.25) is 0 Å². The van der Waals surface area contributed by atoms with E-state index >= 15 is 0 Å². The Morgan fingerprint density at radius 1 is 1.19 bits per heavy atom. The fraction of sp³-hybridized carbons (Fsp3) is 0.278. The molecule has 2 aromatic carbocycles. The van der Waals surface area contributed by atoms with Gasteiger partial charge in [-0.2, -0.15) is 0 Å². The number of benzene rings is 2. The van der Waals surface area contributed by atoms with E-state index in [0.29, 0.717) is 5.69 Å². The monoisotopic (exact) mass is 391 g/mol. The van der Waals surface area contributed by atoms with Crippen LogP contribution in [0.3, 0.4) is 0 Å². The lowest BCUT2D eigenvalue weighted by Crippen LogP contribution is -2.45. The van der Waals surface area contributed by atoms with Gasteiger partial charge in [0.2, 0.25) is 15.9 Å². The first-order chi connectivity index (χ1) is 12.5. The van der Waals surface area contributed by atoms with Crippen LogP contribution in [0, 0.1) is 24.0 Å². The number of carbonyl (C=O) groups excluding carboxylic acids is 1. The van der Waals surface area contributed by atoms with E-state index in [1.807, 2.05) is 26.0 Å². The molecule has 1 atom stereocenters. The number of amides is 1. The van der Waals surface area contributed by atoms with E-state index in [0.717, 1.165) is 27.8 Å². The van der Waals surface area contributed by atoms with Gasteiger partial charge in [0.25, 0.3) is 5.69 Å². The molecule has 0 aromatic heterocycles. The summed E-state index contributed by atoms with van der Waals surface area (Å²) in [6.45, 7) is 5.19. The summed E-state index contributed by atoms with van der Waals surface area (Å²) >= 11 is 0. The van der Waals surface area contributed by atoms with Crippen molar-refractivity contribution < 1.29 is 18.1 Å². The number of anilines is 2. The number of carbonyl (C=O) groups is 1. The number of sulfonamides is 1. The number of nitrogens with zero attached hydrogens (tertiary/aromatic N) is 2. The van der Waals surface area contributed by atoms with Crippen molar-refractivity contribution >= 4 is 33.0 Å². The van der Waals surface area contributed by atoms with Crippen molar-refractivity contribution in [1.82, 2.24) is 0 Å². The Labute approximate surface area is 158 Å². The first kappa shape index (κ1) is 20.4. The number of nitrogens with one attached hydrogen (secondary N) is 1. The van der Waals surface area contributed by atoms with Gasteiger partial charge in [-0.1, -0.05) is 23.8 Å². The molecule has 2 rings (SSSR count). The van der Waals surface area contributed by atoms with Crippen LogP contribution in [0.25, 0.3) is 0 Å². The molecule has 9 heteroatoms. The quantitative estimate of drug-likeness (QED) is 0.601. The highest BCUT2D eigenvalue weighted by atomic mass is 32.2. The minimum absolute atomic E-state index is 0.0509. The third kappa shape index (κ3) is 4.82. The zero-order valence-electron chi connectivity index (χ0n) is 15.5. The molecule has 0 saturated carbocycles. The minimum atomic E-state index is -3.86. The van der Waals surface area contributed by atoms with Crippen LogP contribution in [0.4, 0.5) is 17.1 Å². The number of nitro benzene ring substituents is 1. The number of hydrogen-bond acceptors (Lipinski definition) is 5. The number of hydrogen-bond donors (Lipinski definition) is 1. The van der Waals surface area contributed by atoms with Crippen LogP contribution in [0.5, 0.6) is 0 Å². The van der Waals surface area contributed by atoms with E-state index in [1.165, 1.54) is 25.1 Å². The highest BCUT2D eigenvalue weighted by Gasteiger charge is 2.30. The van der Waals surface area contributed by atoms with Gasteiger partial charge in [0, 0.05) is 17.8 Å². The predicted molar refractivity (Wildman–Crippen MR) is 104 cm³/mol. The van der Waals surface area contributed by atoms with Gasteiger partial charge in [-0.25, -0.2) is 8.42 Å². The summed E-state index contributed by atoms with van der Waals surface area (Å²) in [4.78, 5) is 23.1. The molecule has 1 N–H and O–H groups in total. The second-order valence-electron chi connectivity index (χ2n) is 6.32. The van der Waals surface area contributed by atoms with Crippen molar-refractivity contribution in [3.8, 4) is 0 Å². The Bertz CT molecular complexity index is 988. The zero-order valence-corrected chi connectivity index (χ0v) is 16.3. The Morgan fingerprint density at radius 3 is 2.41 bits per heavy atom. The molecular formula is C18H21N3O5S. The van der Waals surface area contributed by atoms with E-state index in [-0.39, 0.29) is 11.4 Å². The summed E-state index contributed by atoms with van der Waals surface area (Å²) in [6, 6.07) is 9.54. The fourth-order valence-electron chi connectivity index (χ4n) is 2.74. The smallest absolute Gasteiger partial charge is 0.271 e. The Balaban J connectivity index is 2.38. The van der Waals surface area contributed by atoms with Crippen molar-refractivity contribution in [3.05, 3.63) is 63.7 Å². The third-order valence-corrected chi connectivity index (χ3v) is 5.26. The topological polar surface area (TPSA) is 110 Å². The summed E-state index contributed by atoms with van der Waals surface area (Å²) in [5.74, 6) is -0.543. The largest absolute Gasteiger partial charge is 0.324 e. The molecule has 27 heavy (non-hydrogen) atoms. The highest BCUT2D eigenvalue weighted by Crippen LogP contribution is 2.26. The van der Waals surface area contributed by atoms with E-state index < -0.39 is 26.9 Å². The van der Waals surface area contributed by atoms with Gasteiger partial charge in [-0.05, 0) is 38.5 Å². The summed E-state index contributed by atoms with van der Waals surface area (Å²) in [6.07, 6.45) is 0.951. The molecule has 0 heterocycles. The Morgan fingerprint density at radius 2 is 1.85 bits per heavy atom. The molecule has 0 radical (unpaired) electrons. The van der Waals surface area contributed by atoms with Crippen LogP contribution in [-0.4, -0.2) is 31.5 Å². The van der Waals surface area contributed by atoms with E-state index in [2.05, 4.69) is 5.32 Å². The molecule has 0 saturated heterocycles. The van der Waals surface area contributed by atoms with Gasteiger partial charge in [0.15, 0.2) is 0 Å². The van der Waals surface area contributed by atoms with E-state index in [1.54, 1.807) is 6.07 Å². The summed E-state index contributed by atoms with van der Waals surface area (Å²) in [5.41, 5.74) is 2.24. The van der Waals surface area contributed by atoms with Crippen LogP contribution in [0.1, 0.15) is 18.1 Å². The van der Waals surface area contributed by atoms with Crippen molar-refractivity contribution in [1.29, 1.82) is 0 Å². The molecule has 2 aromatic rings. The van der Waals surface area contributed by atoms with Crippen LogP contribution in [0.15, 0.2) is 42.5 Å². The number of aryl methyl sites for hydroxylation is 2. The van der Waals surface area contributed by atoms with Crippen molar-refractivity contribution in [2.75, 3.05) is 15.9 Å². The standard InChI is InChI=1S/C18H21N3O5S/c1-12-8-9-17(13(2)10-12)19-18(22)14(3)20(27(4,25)26)15-6-5-7-16(11-15)21(23)24/h5-11,14H,1-4H3,(H,19,22)/t14-/m0/s1. The Hall–Kier alpha value is -2.94. The lowest BCUT2D eigenvalue weighted by molar-refractivity contribution is -0.384. The Kier molecular flexibility index (Phi) is 5.85. The first-order valence-corrected chi connectivity index (χ1v) is 9.97. The van der Waals surface area contributed by atoms with E-state index in [9.17, 15) is 23.3 Å². The molecule has 0 aliphatic heterocycles.